The number of nitrogens with one attached hydrogen (secondary N) is 1. The molecule has 112 valence electrons. The van der Waals surface area contributed by atoms with E-state index >= 15 is 0 Å². The zero-order chi connectivity index (χ0) is 14.8. The average Bonchev–Trinajstić information content (AvgIpc) is 2.37. The normalized spacial score (nSPS) is 21.0. The van der Waals surface area contributed by atoms with Gasteiger partial charge in [-0.05, 0) is 44.1 Å². The molecule has 1 unspecified atom stereocenters. The molecule has 0 bridgehead atoms. The Morgan fingerprint density at radius 1 is 1.50 bits per heavy atom. The summed E-state index contributed by atoms with van der Waals surface area (Å²) in [6.07, 6.45) is 1.85. The molecule has 20 heavy (non-hydrogen) atoms. The van der Waals surface area contributed by atoms with Crippen molar-refractivity contribution < 1.29 is 8.42 Å². The summed E-state index contributed by atoms with van der Waals surface area (Å²) in [7, 11) is -3.60. The van der Waals surface area contributed by atoms with Crippen molar-refractivity contribution in [2.45, 2.75) is 30.7 Å². The molecule has 2 rings (SSSR count). The molecule has 5 nitrogen and oxygen atoms in total. The van der Waals surface area contributed by atoms with Crippen LogP contribution < -0.4 is 10.5 Å². The van der Waals surface area contributed by atoms with Gasteiger partial charge in [-0.3, -0.25) is 0 Å². The van der Waals surface area contributed by atoms with Crippen LogP contribution in [0.2, 0.25) is 5.02 Å². The van der Waals surface area contributed by atoms with Gasteiger partial charge < -0.3 is 10.6 Å². The molecule has 0 amide bonds. The van der Waals surface area contributed by atoms with E-state index < -0.39 is 10.0 Å². The molecule has 0 saturated carbocycles. The molecule has 0 aliphatic carbocycles. The summed E-state index contributed by atoms with van der Waals surface area (Å²) in [5, 5.41) is 0.153. The Kier molecular flexibility index (Phi) is 4.90. The number of nitrogens with zero attached hydrogens (tertiary/aromatic N) is 1. The number of halogens is 1. The van der Waals surface area contributed by atoms with Crippen LogP contribution in [0, 0.1) is 0 Å². The van der Waals surface area contributed by atoms with Crippen molar-refractivity contribution in [2.24, 2.45) is 0 Å². The number of hydrogen-bond donors (Lipinski definition) is 2. The molecule has 0 radical (unpaired) electrons. The number of nitrogens with two attached hydrogens (primary N) is 1. The third kappa shape index (κ3) is 3.63. The number of sulfonamides is 1. The number of anilines is 1. The van der Waals surface area contributed by atoms with Crippen molar-refractivity contribution in [3.05, 3.63) is 23.2 Å². The largest absolute Gasteiger partial charge is 0.399 e. The highest BCUT2D eigenvalue weighted by atomic mass is 35.5. The molecule has 1 fully saturated rings. The summed E-state index contributed by atoms with van der Waals surface area (Å²) in [6, 6.07) is 4.37. The van der Waals surface area contributed by atoms with Crippen LogP contribution in [0.3, 0.4) is 0 Å². The van der Waals surface area contributed by atoms with Gasteiger partial charge in [0.05, 0.1) is 5.02 Å². The smallest absolute Gasteiger partial charge is 0.242 e. The molecule has 0 aromatic heterocycles. The average molecular weight is 318 g/mol. The number of likely N-dealkylation sites (tertiary alicyclic amines) is 1. The lowest BCUT2D eigenvalue weighted by molar-refractivity contribution is 0.211. The summed E-state index contributed by atoms with van der Waals surface area (Å²) < 4.78 is 27.5. The quantitative estimate of drug-likeness (QED) is 0.829. The Bertz CT molecular complexity index is 577. The summed E-state index contributed by atoms with van der Waals surface area (Å²) in [5.41, 5.74) is 6.03. The van der Waals surface area contributed by atoms with E-state index in [0.717, 1.165) is 32.5 Å². The first-order chi connectivity index (χ1) is 9.42. The van der Waals surface area contributed by atoms with Crippen molar-refractivity contribution in [1.29, 1.82) is 0 Å². The van der Waals surface area contributed by atoms with Gasteiger partial charge in [0.25, 0.3) is 0 Å². The second-order valence-electron chi connectivity index (χ2n) is 5.04. The van der Waals surface area contributed by atoms with Gasteiger partial charge in [0.2, 0.25) is 10.0 Å². The van der Waals surface area contributed by atoms with Crippen LogP contribution in [0.1, 0.15) is 19.8 Å². The number of rotatable bonds is 4. The van der Waals surface area contributed by atoms with Crippen molar-refractivity contribution >= 4 is 27.3 Å². The van der Waals surface area contributed by atoms with Crippen LogP contribution in [0.15, 0.2) is 23.1 Å². The number of benzene rings is 1. The van der Waals surface area contributed by atoms with Crippen molar-refractivity contribution in [3.63, 3.8) is 0 Å². The van der Waals surface area contributed by atoms with Crippen molar-refractivity contribution in [2.75, 3.05) is 25.4 Å². The Balaban J connectivity index is 2.14. The molecule has 1 aliphatic rings. The van der Waals surface area contributed by atoms with Gasteiger partial charge in [0, 0.05) is 18.3 Å². The molecule has 1 saturated heterocycles. The Labute approximate surface area is 125 Å². The van der Waals surface area contributed by atoms with Crippen LogP contribution >= 0.6 is 11.6 Å². The predicted molar refractivity (Wildman–Crippen MR) is 81.3 cm³/mol. The zero-order valence-corrected chi connectivity index (χ0v) is 13.0. The van der Waals surface area contributed by atoms with Crippen molar-refractivity contribution in [3.8, 4) is 0 Å². The minimum Gasteiger partial charge on any atom is -0.399 e. The minimum absolute atomic E-state index is 0.0673. The highest BCUT2D eigenvalue weighted by Crippen LogP contribution is 2.24. The molecule has 1 aliphatic heterocycles. The fourth-order valence-electron chi connectivity index (χ4n) is 2.46. The summed E-state index contributed by atoms with van der Waals surface area (Å²) in [6.45, 7) is 4.77. The highest BCUT2D eigenvalue weighted by Gasteiger charge is 2.26. The zero-order valence-electron chi connectivity index (χ0n) is 11.5. The van der Waals surface area contributed by atoms with Gasteiger partial charge >= 0.3 is 0 Å². The van der Waals surface area contributed by atoms with Crippen molar-refractivity contribution in [1.82, 2.24) is 9.62 Å². The summed E-state index contributed by atoms with van der Waals surface area (Å²) in [4.78, 5) is 2.32. The standard InChI is InChI=1S/C13H20ClN3O2S/c1-2-17-7-3-4-11(9-17)16-20(18,19)13-6-5-10(15)8-12(13)14/h5-6,8,11,16H,2-4,7,9,15H2,1H3. The summed E-state index contributed by atoms with van der Waals surface area (Å²) in [5.74, 6) is 0. The molecular weight excluding hydrogens is 298 g/mol. The van der Waals surface area contributed by atoms with E-state index in [1.54, 1.807) is 6.07 Å². The maximum absolute atomic E-state index is 12.4. The Morgan fingerprint density at radius 2 is 2.25 bits per heavy atom. The lowest BCUT2D eigenvalue weighted by atomic mass is 10.1. The van der Waals surface area contributed by atoms with Gasteiger partial charge in [-0.1, -0.05) is 18.5 Å². The predicted octanol–water partition coefficient (Wildman–Crippen LogP) is 1.68. The topological polar surface area (TPSA) is 75.4 Å². The van der Waals surface area contributed by atoms with E-state index in [1.807, 2.05) is 0 Å². The molecule has 1 heterocycles. The Morgan fingerprint density at radius 3 is 2.90 bits per heavy atom. The van der Waals surface area contributed by atoms with Gasteiger partial charge in [-0.2, -0.15) is 0 Å². The third-order valence-corrected chi connectivity index (χ3v) is 5.52. The SMILES string of the molecule is CCN1CCCC(NS(=O)(=O)c2ccc(N)cc2Cl)C1. The number of piperidine rings is 1. The van der Waals surface area contributed by atoms with Gasteiger partial charge in [0.15, 0.2) is 0 Å². The highest BCUT2D eigenvalue weighted by molar-refractivity contribution is 7.89. The number of hydrogen-bond acceptors (Lipinski definition) is 4. The van der Waals surface area contributed by atoms with Crippen LogP contribution in [-0.2, 0) is 10.0 Å². The monoisotopic (exact) mass is 317 g/mol. The number of likely N-dealkylation sites (N-methyl/N-ethyl adjacent to an activating group) is 1. The van der Waals surface area contributed by atoms with E-state index in [-0.39, 0.29) is 16.0 Å². The van der Waals surface area contributed by atoms with E-state index in [4.69, 9.17) is 17.3 Å². The first-order valence-corrected chi connectivity index (χ1v) is 8.58. The van der Waals surface area contributed by atoms with E-state index in [2.05, 4.69) is 16.5 Å². The van der Waals surface area contributed by atoms with Crippen LogP contribution in [0.25, 0.3) is 0 Å². The maximum Gasteiger partial charge on any atom is 0.242 e. The van der Waals surface area contributed by atoms with Gasteiger partial charge in [0.1, 0.15) is 4.90 Å². The van der Waals surface area contributed by atoms with Crippen LogP contribution in [-0.4, -0.2) is 39.0 Å². The fourth-order valence-corrected chi connectivity index (χ4v) is 4.27. The molecule has 1 atom stereocenters. The molecular formula is C13H20ClN3O2S. The number of nitrogen functional groups attached to an aromatic ring is 1. The Hall–Kier alpha value is -0.820. The van der Waals surface area contributed by atoms with E-state index in [1.165, 1.54) is 12.1 Å². The molecule has 3 N–H and O–H groups in total. The van der Waals surface area contributed by atoms with Crippen LogP contribution in [0.4, 0.5) is 5.69 Å². The van der Waals surface area contributed by atoms with Crippen LogP contribution in [0.5, 0.6) is 0 Å². The lowest BCUT2D eigenvalue weighted by Gasteiger charge is -2.32. The lowest BCUT2D eigenvalue weighted by Crippen LogP contribution is -2.47. The van der Waals surface area contributed by atoms with Gasteiger partial charge in [-0.25, -0.2) is 13.1 Å². The second kappa shape index (κ2) is 6.30. The first-order valence-electron chi connectivity index (χ1n) is 6.72. The third-order valence-electron chi connectivity index (χ3n) is 3.52. The van der Waals surface area contributed by atoms with E-state index in [0.29, 0.717) is 5.69 Å². The maximum atomic E-state index is 12.4. The summed E-state index contributed by atoms with van der Waals surface area (Å²) >= 11 is 5.98. The first kappa shape index (κ1) is 15.6. The molecule has 7 heteroatoms. The molecule has 1 aromatic carbocycles. The fraction of sp³-hybridized carbons (Fsp3) is 0.538. The molecule has 0 spiro atoms. The minimum atomic E-state index is -3.60. The second-order valence-corrected chi connectivity index (χ2v) is 7.13. The van der Waals surface area contributed by atoms with Gasteiger partial charge in [-0.15, -0.1) is 0 Å². The molecule has 1 aromatic rings. The van der Waals surface area contributed by atoms with E-state index in [9.17, 15) is 8.42 Å².